The average Bonchev–Trinajstić information content (AvgIpc) is 2.54. The molecule has 0 N–H and O–H groups in total. The normalized spacial score (nSPS) is 10.3. The van der Waals surface area contributed by atoms with Crippen molar-refractivity contribution in [1.82, 2.24) is 4.98 Å². The van der Waals surface area contributed by atoms with Crippen molar-refractivity contribution in [3.05, 3.63) is 77.9 Å². The van der Waals surface area contributed by atoms with Gasteiger partial charge in [0.25, 0.3) is 0 Å². The molecular weight excluding hydrogens is 274 g/mol. The van der Waals surface area contributed by atoms with Gasteiger partial charge in [0, 0.05) is 11.6 Å². The first-order valence-corrected chi connectivity index (χ1v) is 7.16. The van der Waals surface area contributed by atoms with E-state index in [2.05, 4.69) is 4.98 Å². The van der Waals surface area contributed by atoms with Crippen LogP contribution in [0.25, 0.3) is 0 Å². The highest BCUT2D eigenvalue weighted by Gasteiger charge is 2.10. The van der Waals surface area contributed by atoms with Gasteiger partial charge in [-0.15, -0.1) is 0 Å². The number of nitrogens with zero attached hydrogens (tertiary/aromatic N) is 1. The van der Waals surface area contributed by atoms with Crippen molar-refractivity contribution in [1.29, 1.82) is 0 Å². The molecule has 0 fully saturated rings. The molecule has 0 saturated heterocycles. The monoisotopic (exact) mass is 291 g/mol. The zero-order valence-corrected chi connectivity index (χ0v) is 12.6. The third-order valence-corrected chi connectivity index (χ3v) is 3.39. The fourth-order valence-corrected chi connectivity index (χ4v) is 2.04. The molecular formula is C19H17NO2. The van der Waals surface area contributed by atoms with E-state index in [0.717, 1.165) is 22.6 Å². The minimum absolute atomic E-state index is 0.528. The summed E-state index contributed by atoms with van der Waals surface area (Å²) in [7, 11) is 0. The van der Waals surface area contributed by atoms with E-state index in [0.29, 0.717) is 11.8 Å². The van der Waals surface area contributed by atoms with Crippen LogP contribution in [0.5, 0.6) is 23.3 Å². The van der Waals surface area contributed by atoms with E-state index in [1.54, 1.807) is 0 Å². The molecule has 3 aromatic rings. The Kier molecular flexibility index (Phi) is 4.05. The molecule has 0 bridgehead atoms. The zero-order chi connectivity index (χ0) is 15.4. The van der Waals surface area contributed by atoms with E-state index >= 15 is 0 Å². The minimum Gasteiger partial charge on any atom is -0.439 e. The van der Waals surface area contributed by atoms with Gasteiger partial charge in [-0.05, 0) is 43.7 Å². The van der Waals surface area contributed by atoms with Crippen LogP contribution in [0.1, 0.15) is 11.1 Å². The molecule has 0 spiro atoms. The third kappa shape index (κ3) is 3.26. The molecule has 0 aliphatic rings. The molecule has 3 nitrogen and oxygen atoms in total. The standard InChI is InChI=1S/C19H17NO2/c1-14-13-18(21-16-9-5-3-6-10-16)20-19(15(14)2)22-17-11-7-4-8-12-17/h3-13H,1-2H3. The van der Waals surface area contributed by atoms with E-state index in [1.165, 1.54) is 0 Å². The van der Waals surface area contributed by atoms with Crippen molar-refractivity contribution in [2.75, 3.05) is 0 Å². The highest BCUT2D eigenvalue weighted by Crippen LogP contribution is 2.29. The fraction of sp³-hybridized carbons (Fsp3) is 0.105. The topological polar surface area (TPSA) is 31.4 Å². The Morgan fingerprint density at radius 1 is 0.727 bits per heavy atom. The van der Waals surface area contributed by atoms with Crippen LogP contribution in [0.3, 0.4) is 0 Å². The maximum atomic E-state index is 5.88. The molecule has 1 heterocycles. The van der Waals surface area contributed by atoms with Crippen molar-refractivity contribution in [3.63, 3.8) is 0 Å². The minimum atomic E-state index is 0.528. The SMILES string of the molecule is Cc1cc(Oc2ccccc2)nc(Oc2ccccc2)c1C. The fourth-order valence-electron chi connectivity index (χ4n) is 2.04. The Labute approximate surface area is 130 Å². The molecule has 0 unspecified atom stereocenters. The van der Waals surface area contributed by atoms with E-state index in [-0.39, 0.29) is 0 Å². The zero-order valence-electron chi connectivity index (χ0n) is 12.6. The summed E-state index contributed by atoms with van der Waals surface area (Å²) in [5.41, 5.74) is 2.08. The van der Waals surface area contributed by atoms with Crippen molar-refractivity contribution < 1.29 is 9.47 Å². The van der Waals surface area contributed by atoms with Crippen LogP contribution >= 0.6 is 0 Å². The second-order valence-electron chi connectivity index (χ2n) is 5.04. The molecule has 1 aromatic heterocycles. The molecule has 22 heavy (non-hydrogen) atoms. The van der Waals surface area contributed by atoms with E-state index in [1.807, 2.05) is 80.6 Å². The molecule has 0 saturated carbocycles. The van der Waals surface area contributed by atoms with Crippen LogP contribution in [0.4, 0.5) is 0 Å². The van der Waals surface area contributed by atoms with Crippen LogP contribution < -0.4 is 9.47 Å². The Morgan fingerprint density at radius 2 is 1.27 bits per heavy atom. The van der Waals surface area contributed by atoms with Gasteiger partial charge in [0.15, 0.2) is 0 Å². The molecule has 0 amide bonds. The average molecular weight is 291 g/mol. The van der Waals surface area contributed by atoms with Gasteiger partial charge in [0.05, 0.1) is 0 Å². The second-order valence-corrected chi connectivity index (χ2v) is 5.04. The number of hydrogen-bond donors (Lipinski definition) is 0. The molecule has 3 rings (SSSR count). The predicted molar refractivity (Wildman–Crippen MR) is 86.7 cm³/mol. The van der Waals surface area contributed by atoms with Crippen molar-refractivity contribution >= 4 is 0 Å². The summed E-state index contributed by atoms with van der Waals surface area (Å²) in [4.78, 5) is 4.48. The van der Waals surface area contributed by atoms with Gasteiger partial charge in [-0.25, -0.2) is 0 Å². The lowest BCUT2D eigenvalue weighted by Gasteiger charge is -2.12. The lowest BCUT2D eigenvalue weighted by molar-refractivity contribution is 0.423. The van der Waals surface area contributed by atoms with E-state index < -0.39 is 0 Å². The molecule has 2 aromatic carbocycles. The molecule has 0 aliphatic carbocycles. The van der Waals surface area contributed by atoms with Crippen molar-refractivity contribution in [2.24, 2.45) is 0 Å². The summed E-state index contributed by atoms with van der Waals surface area (Å²) in [5.74, 6) is 2.61. The molecule has 0 radical (unpaired) electrons. The van der Waals surface area contributed by atoms with Crippen molar-refractivity contribution in [2.45, 2.75) is 13.8 Å². The first-order chi connectivity index (χ1) is 10.7. The summed E-state index contributed by atoms with van der Waals surface area (Å²) >= 11 is 0. The van der Waals surface area contributed by atoms with Crippen LogP contribution in [0, 0.1) is 13.8 Å². The Bertz CT molecular complexity index is 755. The first-order valence-electron chi connectivity index (χ1n) is 7.16. The maximum absolute atomic E-state index is 5.88. The van der Waals surface area contributed by atoms with Gasteiger partial charge in [-0.3, -0.25) is 0 Å². The summed E-state index contributed by atoms with van der Waals surface area (Å²) in [6.07, 6.45) is 0. The van der Waals surface area contributed by atoms with Crippen LogP contribution in [0.2, 0.25) is 0 Å². The predicted octanol–water partition coefficient (Wildman–Crippen LogP) is 5.28. The number of aryl methyl sites for hydroxylation is 1. The first kappa shape index (κ1) is 14.1. The molecule has 0 aliphatic heterocycles. The smallest absolute Gasteiger partial charge is 0.225 e. The lowest BCUT2D eigenvalue weighted by Crippen LogP contribution is -1.97. The van der Waals surface area contributed by atoms with E-state index in [4.69, 9.17) is 9.47 Å². The van der Waals surface area contributed by atoms with Crippen LogP contribution in [0.15, 0.2) is 66.7 Å². The Hall–Kier alpha value is -2.81. The number of ether oxygens (including phenoxy) is 2. The number of aromatic nitrogens is 1. The molecule has 0 atom stereocenters. The summed E-state index contributed by atoms with van der Waals surface area (Å²) < 4.78 is 11.7. The largest absolute Gasteiger partial charge is 0.439 e. The van der Waals surface area contributed by atoms with Gasteiger partial charge < -0.3 is 9.47 Å². The maximum Gasteiger partial charge on any atom is 0.225 e. The number of benzene rings is 2. The highest BCUT2D eigenvalue weighted by molar-refractivity contribution is 5.40. The molecule has 110 valence electrons. The van der Waals surface area contributed by atoms with E-state index in [9.17, 15) is 0 Å². The summed E-state index contributed by atoms with van der Waals surface area (Å²) in [6, 6.07) is 21.1. The second kappa shape index (κ2) is 6.31. The van der Waals surface area contributed by atoms with Gasteiger partial charge in [-0.2, -0.15) is 4.98 Å². The number of pyridine rings is 1. The number of rotatable bonds is 4. The number of para-hydroxylation sites is 2. The Balaban J connectivity index is 1.90. The molecule has 3 heteroatoms. The van der Waals surface area contributed by atoms with Crippen LogP contribution in [-0.2, 0) is 0 Å². The van der Waals surface area contributed by atoms with Gasteiger partial charge in [-0.1, -0.05) is 36.4 Å². The summed E-state index contributed by atoms with van der Waals surface area (Å²) in [6.45, 7) is 4.01. The Morgan fingerprint density at radius 3 is 1.86 bits per heavy atom. The van der Waals surface area contributed by atoms with Crippen molar-refractivity contribution in [3.8, 4) is 23.3 Å². The highest BCUT2D eigenvalue weighted by atomic mass is 16.5. The van der Waals surface area contributed by atoms with Gasteiger partial charge in [0.2, 0.25) is 11.8 Å². The number of hydrogen-bond acceptors (Lipinski definition) is 3. The summed E-state index contributed by atoms with van der Waals surface area (Å²) in [5, 5.41) is 0. The third-order valence-electron chi connectivity index (χ3n) is 3.39. The van der Waals surface area contributed by atoms with Gasteiger partial charge in [0.1, 0.15) is 11.5 Å². The quantitative estimate of drug-likeness (QED) is 0.655. The lowest BCUT2D eigenvalue weighted by atomic mass is 10.2. The van der Waals surface area contributed by atoms with Crippen LogP contribution in [-0.4, -0.2) is 4.98 Å². The van der Waals surface area contributed by atoms with Gasteiger partial charge >= 0.3 is 0 Å².